The van der Waals surface area contributed by atoms with E-state index in [9.17, 15) is 9.59 Å². The first-order chi connectivity index (χ1) is 11.2. The molecule has 1 heterocycles. The van der Waals surface area contributed by atoms with Crippen molar-refractivity contribution in [3.05, 3.63) is 65.1 Å². The lowest BCUT2D eigenvalue weighted by molar-refractivity contribution is -0.122. The van der Waals surface area contributed by atoms with Gasteiger partial charge in [-0.05, 0) is 48.5 Å². The first-order valence-electron chi connectivity index (χ1n) is 7.26. The Bertz CT molecular complexity index is 772. The number of carbonyl (C=O) groups excluding carboxylic acids is 2. The zero-order chi connectivity index (χ0) is 16.2. The molecule has 2 aromatic rings. The van der Waals surface area contributed by atoms with E-state index in [1.165, 1.54) is 4.90 Å². The van der Waals surface area contributed by atoms with Crippen LogP contribution in [0.25, 0.3) is 6.08 Å². The molecule has 0 radical (unpaired) electrons. The van der Waals surface area contributed by atoms with Gasteiger partial charge in [-0.15, -0.1) is 0 Å². The Morgan fingerprint density at radius 3 is 2.43 bits per heavy atom. The maximum Gasteiger partial charge on any atom is 0.293 e. The van der Waals surface area contributed by atoms with Crippen LogP contribution in [-0.4, -0.2) is 22.6 Å². The highest BCUT2D eigenvalue weighted by molar-refractivity contribution is 8.18. The van der Waals surface area contributed by atoms with Gasteiger partial charge in [-0.2, -0.15) is 0 Å². The first-order valence-corrected chi connectivity index (χ1v) is 8.89. The smallest absolute Gasteiger partial charge is 0.269 e. The van der Waals surface area contributed by atoms with Crippen molar-refractivity contribution in [2.24, 2.45) is 0 Å². The Labute approximate surface area is 143 Å². The summed E-state index contributed by atoms with van der Waals surface area (Å²) in [7, 11) is 0. The van der Waals surface area contributed by atoms with E-state index in [1.807, 2.05) is 60.7 Å². The lowest BCUT2D eigenvalue weighted by Crippen LogP contribution is -2.27. The van der Waals surface area contributed by atoms with E-state index in [0.29, 0.717) is 11.4 Å². The van der Waals surface area contributed by atoms with Crippen molar-refractivity contribution in [1.82, 2.24) is 4.90 Å². The van der Waals surface area contributed by atoms with Crippen LogP contribution in [0.15, 0.2) is 69.3 Å². The second-order valence-corrected chi connectivity index (χ2v) is 6.99. The van der Waals surface area contributed by atoms with Gasteiger partial charge in [0.25, 0.3) is 11.1 Å². The molecule has 116 valence electrons. The molecule has 1 fully saturated rings. The van der Waals surface area contributed by atoms with Gasteiger partial charge in [0.05, 0.1) is 4.91 Å². The summed E-state index contributed by atoms with van der Waals surface area (Å²) in [6.45, 7) is 2.21. The van der Waals surface area contributed by atoms with Crippen molar-refractivity contribution in [2.45, 2.75) is 16.7 Å². The predicted octanol–water partition coefficient (Wildman–Crippen LogP) is 4.89. The Morgan fingerprint density at radius 1 is 1.04 bits per heavy atom. The summed E-state index contributed by atoms with van der Waals surface area (Å²) < 4.78 is 0. The minimum Gasteiger partial charge on any atom is -0.269 e. The molecule has 5 heteroatoms. The van der Waals surface area contributed by atoms with Crippen LogP contribution in [0.2, 0.25) is 0 Å². The highest BCUT2D eigenvalue weighted by Crippen LogP contribution is 2.35. The molecule has 0 unspecified atom stereocenters. The number of nitrogens with zero attached hydrogens (tertiary/aromatic N) is 1. The van der Waals surface area contributed by atoms with Crippen LogP contribution in [0, 0.1) is 0 Å². The molecule has 0 atom stereocenters. The van der Waals surface area contributed by atoms with Crippen LogP contribution in [0.5, 0.6) is 0 Å². The molecule has 2 amide bonds. The van der Waals surface area contributed by atoms with Crippen LogP contribution in [0.1, 0.15) is 12.5 Å². The number of likely N-dealkylation sites (N-methyl/N-ethyl adjacent to an activating group) is 1. The van der Waals surface area contributed by atoms with Gasteiger partial charge in [0.1, 0.15) is 0 Å². The zero-order valence-corrected chi connectivity index (χ0v) is 14.2. The summed E-state index contributed by atoms with van der Waals surface area (Å²) in [5.41, 5.74) is 0.947. The van der Waals surface area contributed by atoms with E-state index in [-0.39, 0.29) is 11.1 Å². The fourth-order valence-corrected chi connectivity index (χ4v) is 4.05. The molecule has 0 spiro atoms. The predicted molar refractivity (Wildman–Crippen MR) is 95.4 cm³/mol. The van der Waals surface area contributed by atoms with E-state index < -0.39 is 0 Å². The van der Waals surface area contributed by atoms with Crippen LogP contribution in [0.3, 0.4) is 0 Å². The third-order valence-corrected chi connectivity index (χ3v) is 5.37. The van der Waals surface area contributed by atoms with Crippen molar-refractivity contribution < 1.29 is 9.59 Å². The molecule has 1 saturated heterocycles. The lowest BCUT2D eigenvalue weighted by Gasteiger charge is -2.08. The largest absolute Gasteiger partial charge is 0.293 e. The monoisotopic (exact) mass is 341 g/mol. The molecule has 23 heavy (non-hydrogen) atoms. The van der Waals surface area contributed by atoms with E-state index in [0.717, 1.165) is 27.1 Å². The first kappa shape index (κ1) is 15.9. The van der Waals surface area contributed by atoms with Crippen LogP contribution >= 0.6 is 23.5 Å². The molecule has 0 N–H and O–H groups in total. The number of hydrogen-bond donors (Lipinski definition) is 0. The molecule has 1 aliphatic rings. The van der Waals surface area contributed by atoms with Crippen molar-refractivity contribution in [2.75, 3.05) is 6.54 Å². The van der Waals surface area contributed by atoms with Crippen LogP contribution < -0.4 is 0 Å². The van der Waals surface area contributed by atoms with Gasteiger partial charge < -0.3 is 0 Å². The van der Waals surface area contributed by atoms with E-state index in [2.05, 4.69) is 0 Å². The van der Waals surface area contributed by atoms with Gasteiger partial charge in [-0.1, -0.05) is 48.2 Å². The Morgan fingerprint density at radius 2 is 1.74 bits per heavy atom. The SMILES string of the molecule is CCN1C(=O)SC(=Cc2ccccc2Sc2ccccc2)C1=O. The number of hydrogen-bond acceptors (Lipinski definition) is 4. The lowest BCUT2D eigenvalue weighted by atomic mass is 10.2. The van der Waals surface area contributed by atoms with E-state index >= 15 is 0 Å². The highest BCUT2D eigenvalue weighted by Gasteiger charge is 2.33. The molecule has 0 bridgehead atoms. The van der Waals surface area contributed by atoms with Crippen LogP contribution in [0.4, 0.5) is 4.79 Å². The number of thioether (sulfide) groups is 1. The number of amides is 2. The summed E-state index contributed by atoms with van der Waals surface area (Å²) >= 11 is 2.65. The van der Waals surface area contributed by atoms with Gasteiger partial charge in [-0.25, -0.2) is 0 Å². The van der Waals surface area contributed by atoms with Gasteiger partial charge in [0.15, 0.2) is 0 Å². The number of benzene rings is 2. The second-order valence-electron chi connectivity index (χ2n) is 4.88. The topological polar surface area (TPSA) is 37.4 Å². The fourth-order valence-electron chi connectivity index (χ4n) is 2.22. The zero-order valence-electron chi connectivity index (χ0n) is 12.6. The molecule has 0 saturated carbocycles. The summed E-state index contributed by atoms with van der Waals surface area (Å²) in [5.74, 6) is -0.206. The van der Waals surface area contributed by atoms with E-state index in [4.69, 9.17) is 0 Å². The van der Waals surface area contributed by atoms with Crippen LogP contribution in [-0.2, 0) is 4.79 Å². The minimum absolute atomic E-state index is 0.197. The van der Waals surface area contributed by atoms with Gasteiger partial charge in [0.2, 0.25) is 0 Å². The molecule has 0 aliphatic carbocycles. The second kappa shape index (κ2) is 7.06. The van der Waals surface area contributed by atoms with Gasteiger partial charge >= 0.3 is 0 Å². The van der Waals surface area contributed by atoms with Crippen molar-refractivity contribution in [3.8, 4) is 0 Å². The Hall–Kier alpha value is -1.98. The average Bonchev–Trinajstić information content (AvgIpc) is 2.83. The molecule has 0 aromatic heterocycles. The fraction of sp³-hybridized carbons (Fsp3) is 0.111. The average molecular weight is 341 g/mol. The van der Waals surface area contributed by atoms with Gasteiger partial charge in [-0.3, -0.25) is 14.5 Å². The van der Waals surface area contributed by atoms with Crippen molar-refractivity contribution in [1.29, 1.82) is 0 Å². The van der Waals surface area contributed by atoms with Gasteiger partial charge in [0, 0.05) is 16.3 Å². The Balaban J connectivity index is 1.91. The normalized spacial score (nSPS) is 16.4. The molecule has 2 aromatic carbocycles. The van der Waals surface area contributed by atoms with Crippen molar-refractivity contribution in [3.63, 3.8) is 0 Å². The summed E-state index contributed by atoms with van der Waals surface area (Å²) in [5, 5.41) is -0.197. The molecular weight excluding hydrogens is 326 g/mol. The minimum atomic E-state index is -0.206. The number of carbonyl (C=O) groups is 2. The summed E-state index contributed by atoms with van der Waals surface area (Å²) in [6.07, 6.45) is 1.81. The molecular formula is C18H15NO2S2. The third kappa shape index (κ3) is 3.51. The summed E-state index contributed by atoms with van der Waals surface area (Å²) in [4.78, 5) is 28.0. The quantitative estimate of drug-likeness (QED) is 0.742. The maximum atomic E-state index is 12.2. The molecule has 1 aliphatic heterocycles. The molecule has 3 nitrogen and oxygen atoms in total. The van der Waals surface area contributed by atoms with E-state index in [1.54, 1.807) is 18.7 Å². The number of rotatable bonds is 4. The highest BCUT2D eigenvalue weighted by atomic mass is 32.2. The summed E-state index contributed by atoms with van der Waals surface area (Å²) in [6, 6.07) is 18.0. The molecule has 3 rings (SSSR count). The Kier molecular flexibility index (Phi) is 4.88. The standard InChI is InChI=1S/C18H15NO2S2/c1-2-19-17(20)16(23-18(19)21)12-13-8-6-7-11-15(13)22-14-9-4-3-5-10-14/h3-12H,2H2,1H3. The number of imide groups is 1. The maximum absolute atomic E-state index is 12.2. The van der Waals surface area contributed by atoms with Crippen molar-refractivity contribution >= 4 is 40.7 Å². The third-order valence-electron chi connectivity index (χ3n) is 3.37.